The molecule has 2 rings (SSSR count). The summed E-state index contributed by atoms with van der Waals surface area (Å²) in [6.07, 6.45) is 0.964. The Morgan fingerprint density at radius 1 is 1.29 bits per heavy atom. The van der Waals surface area contributed by atoms with Crippen LogP contribution < -0.4 is 5.32 Å². The van der Waals surface area contributed by atoms with Gasteiger partial charge in [0.1, 0.15) is 10.8 Å². The van der Waals surface area contributed by atoms with Gasteiger partial charge in [-0.25, -0.2) is 9.37 Å². The van der Waals surface area contributed by atoms with E-state index in [2.05, 4.69) is 26.1 Å². The molecule has 0 unspecified atom stereocenters. The maximum absolute atomic E-state index is 13.6. The van der Waals surface area contributed by atoms with Gasteiger partial charge in [0.25, 0.3) is 0 Å². The Labute approximate surface area is 130 Å². The van der Waals surface area contributed by atoms with E-state index >= 15 is 0 Å². The average molecular weight is 306 g/mol. The Morgan fingerprint density at radius 3 is 2.67 bits per heavy atom. The molecule has 0 spiro atoms. The molecule has 1 N–H and O–H groups in total. The molecule has 0 amide bonds. The summed E-state index contributed by atoms with van der Waals surface area (Å²) in [6, 6.07) is 5.12. The SMILES string of the molecule is CCNCc1sc(-c2cc(C)cc(F)c2)nc1CC(C)C. The van der Waals surface area contributed by atoms with Crippen LogP contribution in [0, 0.1) is 18.7 Å². The van der Waals surface area contributed by atoms with Crippen LogP contribution in [0.1, 0.15) is 36.9 Å². The van der Waals surface area contributed by atoms with Crippen molar-refractivity contribution < 1.29 is 4.39 Å². The first-order chi connectivity index (χ1) is 9.99. The van der Waals surface area contributed by atoms with Crippen molar-refractivity contribution in [2.24, 2.45) is 5.92 Å². The molecule has 2 nitrogen and oxygen atoms in total. The predicted octanol–water partition coefficient (Wildman–Crippen LogP) is 4.57. The quantitative estimate of drug-likeness (QED) is 0.846. The van der Waals surface area contributed by atoms with Crippen LogP contribution in [0.4, 0.5) is 4.39 Å². The van der Waals surface area contributed by atoms with E-state index in [9.17, 15) is 4.39 Å². The fourth-order valence-corrected chi connectivity index (χ4v) is 3.34. The minimum Gasteiger partial charge on any atom is -0.312 e. The zero-order chi connectivity index (χ0) is 15.4. The highest BCUT2D eigenvalue weighted by Crippen LogP contribution is 2.30. The lowest BCUT2D eigenvalue weighted by Gasteiger charge is -2.04. The first-order valence-corrected chi connectivity index (χ1v) is 8.28. The van der Waals surface area contributed by atoms with Crippen molar-refractivity contribution in [3.05, 3.63) is 40.2 Å². The van der Waals surface area contributed by atoms with Gasteiger partial charge in [-0.2, -0.15) is 0 Å². The molecular weight excluding hydrogens is 283 g/mol. The van der Waals surface area contributed by atoms with Gasteiger partial charge in [-0.3, -0.25) is 0 Å². The zero-order valence-electron chi connectivity index (χ0n) is 13.2. The molecule has 0 aliphatic carbocycles. The number of hydrogen-bond donors (Lipinski definition) is 1. The number of nitrogens with zero attached hydrogens (tertiary/aromatic N) is 1. The third-order valence-electron chi connectivity index (χ3n) is 3.20. The highest BCUT2D eigenvalue weighted by molar-refractivity contribution is 7.15. The third kappa shape index (κ3) is 4.35. The largest absolute Gasteiger partial charge is 0.312 e. The lowest BCUT2D eigenvalue weighted by molar-refractivity contribution is 0.625. The van der Waals surface area contributed by atoms with E-state index in [0.29, 0.717) is 5.92 Å². The number of nitrogens with one attached hydrogen (secondary N) is 1. The van der Waals surface area contributed by atoms with Crippen LogP contribution in [0.25, 0.3) is 10.6 Å². The topological polar surface area (TPSA) is 24.9 Å². The van der Waals surface area contributed by atoms with Gasteiger partial charge in [-0.05, 0) is 49.6 Å². The number of thiazole rings is 1. The van der Waals surface area contributed by atoms with Crippen molar-refractivity contribution in [1.82, 2.24) is 10.3 Å². The van der Waals surface area contributed by atoms with Crippen molar-refractivity contribution in [2.45, 2.75) is 40.7 Å². The standard InChI is InChI=1S/C17H23FN2S/c1-5-19-10-16-15(6-11(2)3)20-17(21-16)13-7-12(4)8-14(18)9-13/h7-9,11,19H,5-6,10H2,1-4H3. The minimum atomic E-state index is -0.196. The van der Waals surface area contributed by atoms with E-state index in [-0.39, 0.29) is 5.82 Å². The number of halogens is 1. The van der Waals surface area contributed by atoms with Crippen molar-refractivity contribution in [2.75, 3.05) is 6.54 Å². The second kappa shape index (κ2) is 7.14. The molecule has 0 atom stereocenters. The number of benzene rings is 1. The zero-order valence-corrected chi connectivity index (χ0v) is 14.0. The molecule has 0 saturated carbocycles. The Hall–Kier alpha value is -1.26. The third-order valence-corrected chi connectivity index (χ3v) is 4.35. The molecule has 0 radical (unpaired) electrons. The Morgan fingerprint density at radius 2 is 2.05 bits per heavy atom. The van der Waals surface area contributed by atoms with Crippen molar-refractivity contribution in [3.63, 3.8) is 0 Å². The number of aromatic nitrogens is 1. The first kappa shape index (κ1) is 16.1. The molecule has 0 bridgehead atoms. The average Bonchev–Trinajstić information content (AvgIpc) is 2.77. The molecule has 0 aliphatic rings. The molecule has 0 fully saturated rings. The summed E-state index contributed by atoms with van der Waals surface area (Å²) in [6.45, 7) is 10.2. The summed E-state index contributed by atoms with van der Waals surface area (Å²) >= 11 is 1.67. The van der Waals surface area contributed by atoms with Gasteiger partial charge in [0.2, 0.25) is 0 Å². The molecule has 2 aromatic rings. The van der Waals surface area contributed by atoms with Gasteiger partial charge in [0, 0.05) is 17.0 Å². The van der Waals surface area contributed by atoms with Crippen LogP contribution in [-0.4, -0.2) is 11.5 Å². The van der Waals surface area contributed by atoms with Gasteiger partial charge in [0.05, 0.1) is 5.69 Å². The summed E-state index contributed by atoms with van der Waals surface area (Å²) in [5.41, 5.74) is 2.96. The smallest absolute Gasteiger partial charge is 0.124 e. The lowest BCUT2D eigenvalue weighted by atomic mass is 10.1. The summed E-state index contributed by atoms with van der Waals surface area (Å²) in [4.78, 5) is 6.03. The van der Waals surface area contributed by atoms with E-state index in [1.54, 1.807) is 23.5 Å². The van der Waals surface area contributed by atoms with Crippen LogP contribution in [0.5, 0.6) is 0 Å². The summed E-state index contributed by atoms with van der Waals surface area (Å²) in [5, 5.41) is 4.28. The Kier molecular flexibility index (Phi) is 5.48. The van der Waals surface area contributed by atoms with E-state index in [0.717, 1.165) is 41.3 Å². The number of rotatable bonds is 6. The van der Waals surface area contributed by atoms with Crippen LogP contribution in [0.15, 0.2) is 18.2 Å². The van der Waals surface area contributed by atoms with Gasteiger partial charge < -0.3 is 5.32 Å². The molecule has 0 aliphatic heterocycles. The van der Waals surface area contributed by atoms with Crippen molar-refractivity contribution in [3.8, 4) is 10.6 Å². The monoisotopic (exact) mass is 306 g/mol. The molecule has 1 aromatic heterocycles. The van der Waals surface area contributed by atoms with E-state index < -0.39 is 0 Å². The van der Waals surface area contributed by atoms with Gasteiger partial charge >= 0.3 is 0 Å². The number of hydrogen-bond acceptors (Lipinski definition) is 3. The molecule has 21 heavy (non-hydrogen) atoms. The van der Waals surface area contributed by atoms with Crippen molar-refractivity contribution >= 4 is 11.3 Å². The minimum absolute atomic E-state index is 0.196. The second-order valence-corrected chi connectivity index (χ2v) is 6.87. The Balaban J connectivity index is 2.37. The normalized spacial score (nSPS) is 11.3. The lowest BCUT2D eigenvalue weighted by Crippen LogP contribution is -2.12. The second-order valence-electron chi connectivity index (χ2n) is 5.78. The molecule has 0 saturated heterocycles. The van der Waals surface area contributed by atoms with Gasteiger partial charge in [0.15, 0.2) is 0 Å². The number of aryl methyl sites for hydroxylation is 1. The van der Waals surface area contributed by atoms with Crippen LogP contribution in [0.3, 0.4) is 0 Å². The molecule has 1 heterocycles. The van der Waals surface area contributed by atoms with E-state index in [1.165, 1.54) is 4.88 Å². The highest BCUT2D eigenvalue weighted by atomic mass is 32.1. The molecule has 4 heteroatoms. The van der Waals surface area contributed by atoms with E-state index in [1.807, 2.05) is 13.0 Å². The van der Waals surface area contributed by atoms with Crippen LogP contribution in [-0.2, 0) is 13.0 Å². The molecule has 1 aromatic carbocycles. The fraction of sp³-hybridized carbons (Fsp3) is 0.471. The van der Waals surface area contributed by atoms with Gasteiger partial charge in [-0.1, -0.05) is 20.8 Å². The molecular formula is C17H23FN2S. The summed E-state index contributed by atoms with van der Waals surface area (Å²) in [7, 11) is 0. The predicted molar refractivity (Wildman–Crippen MR) is 88.2 cm³/mol. The maximum atomic E-state index is 13.6. The Bertz CT molecular complexity index is 585. The van der Waals surface area contributed by atoms with E-state index in [4.69, 9.17) is 4.98 Å². The summed E-state index contributed by atoms with van der Waals surface area (Å²) in [5.74, 6) is 0.369. The van der Waals surface area contributed by atoms with Crippen LogP contribution >= 0.6 is 11.3 Å². The summed E-state index contributed by atoms with van der Waals surface area (Å²) < 4.78 is 13.6. The molecule has 114 valence electrons. The maximum Gasteiger partial charge on any atom is 0.124 e. The van der Waals surface area contributed by atoms with Crippen LogP contribution in [0.2, 0.25) is 0 Å². The highest BCUT2D eigenvalue weighted by Gasteiger charge is 2.14. The van der Waals surface area contributed by atoms with Crippen molar-refractivity contribution in [1.29, 1.82) is 0 Å². The fourth-order valence-electron chi connectivity index (χ4n) is 2.29. The first-order valence-electron chi connectivity index (χ1n) is 7.46. The van der Waals surface area contributed by atoms with Gasteiger partial charge in [-0.15, -0.1) is 11.3 Å².